The number of methoxy groups -OCH3 is 1. The monoisotopic (exact) mass is 356 g/mol. The Kier molecular flexibility index (Phi) is 5.71. The van der Waals surface area contributed by atoms with Crippen LogP contribution in [0.4, 0.5) is 5.69 Å². The summed E-state index contributed by atoms with van der Waals surface area (Å²) >= 11 is 0. The first-order chi connectivity index (χ1) is 12.3. The van der Waals surface area contributed by atoms with E-state index in [2.05, 4.69) is 4.98 Å². The molecule has 1 N–H and O–H groups in total. The van der Waals surface area contributed by atoms with E-state index in [1.807, 2.05) is 32.0 Å². The summed E-state index contributed by atoms with van der Waals surface area (Å²) in [5, 5.41) is 9.11. The van der Waals surface area contributed by atoms with Crippen molar-refractivity contribution >= 4 is 23.5 Å². The number of carbonyl (C=O) groups is 3. The standard InChI is InChI=1S/C19H20N2O5/c1-11-7-5-8-12(2)16(11)21(13(3)19(25)26-4)17(22)14-9-6-10-15(20-14)18(23)24/h5-10,13H,1-4H3,(H,23,24). The van der Waals surface area contributed by atoms with E-state index in [-0.39, 0.29) is 11.4 Å². The molecule has 136 valence electrons. The average molecular weight is 356 g/mol. The maximum Gasteiger partial charge on any atom is 0.354 e. The highest BCUT2D eigenvalue weighted by atomic mass is 16.5. The second-order valence-corrected chi connectivity index (χ2v) is 5.83. The molecule has 0 aliphatic carbocycles. The molecule has 2 aromatic rings. The van der Waals surface area contributed by atoms with Crippen molar-refractivity contribution in [2.24, 2.45) is 0 Å². The first kappa shape index (κ1) is 19.1. The van der Waals surface area contributed by atoms with Crippen molar-refractivity contribution in [1.82, 2.24) is 4.98 Å². The number of hydrogen-bond donors (Lipinski definition) is 1. The Balaban J connectivity index is 2.61. The lowest BCUT2D eigenvalue weighted by Crippen LogP contribution is -2.45. The smallest absolute Gasteiger partial charge is 0.354 e. The molecule has 1 aromatic carbocycles. The second kappa shape index (κ2) is 7.77. The number of carbonyl (C=O) groups excluding carboxylic acids is 2. The lowest BCUT2D eigenvalue weighted by Gasteiger charge is -2.30. The number of carboxylic acid groups (broad SMARTS) is 1. The van der Waals surface area contributed by atoms with Gasteiger partial charge in [0.2, 0.25) is 0 Å². The number of aromatic nitrogens is 1. The van der Waals surface area contributed by atoms with Crippen LogP contribution in [-0.4, -0.2) is 41.1 Å². The second-order valence-electron chi connectivity index (χ2n) is 5.83. The van der Waals surface area contributed by atoms with Gasteiger partial charge in [0.15, 0.2) is 0 Å². The summed E-state index contributed by atoms with van der Waals surface area (Å²) in [5.74, 6) is -2.40. The molecule has 0 radical (unpaired) electrons. The van der Waals surface area contributed by atoms with Crippen LogP contribution in [0.15, 0.2) is 36.4 Å². The van der Waals surface area contributed by atoms with Gasteiger partial charge in [0.05, 0.1) is 12.8 Å². The molecule has 0 saturated heterocycles. The minimum atomic E-state index is -1.24. The topological polar surface area (TPSA) is 96.8 Å². The van der Waals surface area contributed by atoms with Gasteiger partial charge in [0.25, 0.3) is 5.91 Å². The average Bonchev–Trinajstić information content (AvgIpc) is 2.63. The molecule has 7 heteroatoms. The van der Waals surface area contributed by atoms with Gasteiger partial charge in [0, 0.05) is 0 Å². The van der Waals surface area contributed by atoms with Crippen molar-refractivity contribution in [1.29, 1.82) is 0 Å². The normalized spacial score (nSPS) is 11.5. The van der Waals surface area contributed by atoms with Crippen molar-refractivity contribution < 1.29 is 24.2 Å². The molecule has 1 atom stereocenters. The van der Waals surface area contributed by atoms with E-state index in [1.54, 1.807) is 6.92 Å². The number of benzene rings is 1. The molecule has 1 heterocycles. The first-order valence-corrected chi connectivity index (χ1v) is 7.96. The lowest BCUT2D eigenvalue weighted by atomic mass is 10.1. The van der Waals surface area contributed by atoms with Crippen LogP contribution in [0.2, 0.25) is 0 Å². The molecule has 0 fully saturated rings. The third-order valence-electron chi connectivity index (χ3n) is 4.02. The van der Waals surface area contributed by atoms with Gasteiger partial charge in [-0.1, -0.05) is 24.3 Å². The Morgan fingerprint density at radius 3 is 2.12 bits per heavy atom. The maximum atomic E-state index is 13.1. The van der Waals surface area contributed by atoms with E-state index in [4.69, 9.17) is 9.84 Å². The summed E-state index contributed by atoms with van der Waals surface area (Å²) in [7, 11) is 1.25. The highest BCUT2D eigenvalue weighted by Gasteiger charge is 2.31. The number of aromatic carboxylic acids is 1. The van der Waals surface area contributed by atoms with Gasteiger partial charge < -0.3 is 9.84 Å². The van der Waals surface area contributed by atoms with Crippen LogP contribution < -0.4 is 4.90 Å². The van der Waals surface area contributed by atoms with Crippen molar-refractivity contribution in [2.75, 3.05) is 12.0 Å². The minimum Gasteiger partial charge on any atom is -0.477 e. The Bertz CT molecular complexity index is 843. The molecule has 1 amide bonds. The summed E-state index contributed by atoms with van der Waals surface area (Å²) in [4.78, 5) is 41.6. The van der Waals surface area contributed by atoms with Crippen LogP contribution >= 0.6 is 0 Å². The van der Waals surface area contributed by atoms with Gasteiger partial charge in [-0.3, -0.25) is 9.69 Å². The number of carboxylic acids is 1. The van der Waals surface area contributed by atoms with Crippen LogP contribution in [0, 0.1) is 13.8 Å². The summed E-state index contributed by atoms with van der Waals surface area (Å²) < 4.78 is 4.79. The predicted molar refractivity (Wildman–Crippen MR) is 95.4 cm³/mol. The summed E-state index contributed by atoms with van der Waals surface area (Å²) in [6, 6.07) is 8.74. The van der Waals surface area contributed by atoms with Crippen molar-refractivity contribution in [2.45, 2.75) is 26.8 Å². The molecule has 2 rings (SSSR count). The molecule has 0 aliphatic rings. The fourth-order valence-corrected chi connectivity index (χ4v) is 2.73. The van der Waals surface area contributed by atoms with Gasteiger partial charge in [-0.05, 0) is 44.0 Å². The molecule has 0 saturated carbocycles. The number of hydrogen-bond acceptors (Lipinski definition) is 5. The Morgan fingerprint density at radius 2 is 1.58 bits per heavy atom. The maximum absolute atomic E-state index is 13.1. The van der Waals surface area contributed by atoms with Gasteiger partial charge >= 0.3 is 11.9 Å². The Morgan fingerprint density at radius 1 is 1.04 bits per heavy atom. The van der Waals surface area contributed by atoms with Crippen LogP contribution in [0.3, 0.4) is 0 Å². The zero-order valence-electron chi connectivity index (χ0n) is 15.0. The summed E-state index contributed by atoms with van der Waals surface area (Å²) in [6.07, 6.45) is 0. The van der Waals surface area contributed by atoms with E-state index in [9.17, 15) is 14.4 Å². The predicted octanol–water partition coefficient (Wildman–Crippen LogP) is 2.60. The van der Waals surface area contributed by atoms with Crippen LogP contribution in [0.1, 0.15) is 39.0 Å². The zero-order chi connectivity index (χ0) is 19.4. The quantitative estimate of drug-likeness (QED) is 0.827. The highest BCUT2D eigenvalue weighted by Crippen LogP contribution is 2.28. The molecule has 0 bridgehead atoms. The summed E-state index contributed by atoms with van der Waals surface area (Å²) in [5.41, 5.74) is 1.84. The number of ether oxygens (including phenoxy) is 1. The van der Waals surface area contributed by atoms with E-state index in [1.165, 1.54) is 30.2 Å². The largest absolute Gasteiger partial charge is 0.477 e. The molecule has 0 spiro atoms. The Labute approximate surface area is 151 Å². The fraction of sp³-hybridized carbons (Fsp3) is 0.263. The number of nitrogens with zero attached hydrogens (tertiary/aromatic N) is 2. The summed E-state index contributed by atoms with van der Waals surface area (Å²) in [6.45, 7) is 5.21. The SMILES string of the molecule is COC(=O)C(C)N(C(=O)c1cccc(C(=O)O)n1)c1c(C)cccc1C. The number of amides is 1. The minimum absolute atomic E-state index is 0.0664. The van der Waals surface area contributed by atoms with Crippen molar-refractivity contribution in [3.63, 3.8) is 0 Å². The van der Waals surface area contributed by atoms with Gasteiger partial charge in [-0.15, -0.1) is 0 Å². The van der Waals surface area contributed by atoms with E-state index in [0.29, 0.717) is 5.69 Å². The number of aryl methyl sites for hydroxylation is 2. The van der Waals surface area contributed by atoms with Crippen LogP contribution in [0.5, 0.6) is 0 Å². The molecule has 26 heavy (non-hydrogen) atoms. The molecule has 1 aromatic heterocycles. The third-order valence-corrected chi connectivity index (χ3v) is 4.02. The third kappa shape index (κ3) is 3.72. The molecular weight excluding hydrogens is 336 g/mol. The van der Waals surface area contributed by atoms with Crippen molar-refractivity contribution in [3.05, 3.63) is 58.9 Å². The number of esters is 1. The fourth-order valence-electron chi connectivity index (χ4n) is 2.73. The van der Waals surface area contributed by atoms with Crippen LogP contribution in [-0.2, 0) is 9.53 Å². The van der Waals surface area contributed by atoms with Gasteiger partial charge in [0.1, 0.15) is 17.4 Å². The number of para-hydroxylation sites is 1. The molecule has 1 unspecified atom stereocenters. The lowest BCUT2D eigenvalue weighted by molar-refractivity contribution is -0.141. The number of pyridine rings is 1. The number of rotatable bonds is 5. The van der Waals surface area contributed by atoms with Gasteiger partial charge in [-0.25, -0.2) is 14.6 Å². The zero-order valence-corrected chi connectivity index (χ0v) is 15.0. The Hall–Kier alpha value is -3.22. The van der Waals surface area contributed by atoms with Crippen LogP contribution in [0.25, 0.3) is 0 Å². The molecular formula is C19H20N2O5. The molecule has 7 nitrogen and oxygen atoms in total. The number of anilines is 1. The van der Waals surface area contributed by atoms with E-state index in [0.717, 1.165) is 11.1 Å². The van der Waals surface area contributed by atoms with E-state index >= 15 is 0 Å². The highest BCUT2D eigenvalue weighted by molar-refractivity contribution is 6.09. The van der Waals surface area contributed by atoms with E-state index < -0.39 is 23.9 Å². The first-order valence-electron chi connectivity index (χ1n) is 7.96. The molecule has 0 aliphatic heterocycles. The van der Waals surface area contributed by atoms with Crippen molar-refractivity contribution in [3.8, 4) is 0 Å². The van der Waals surface area contributed by atoms with Gasteiger partial charge in [-0.2, -0.15) is 0 Å².